The Morgan fingerprint density at radius 2 is 2.23 bits per heavy atom. The van der Waals surface area contributed by atoms with Crippen molar-refractivity contribution in [3.63, 3.8) is 0 Å². The average Bonchev–Trinajstić information content (AvgIpc) is 2.75. The highest BCUT2D eigenvalue weighted by atomic mass is 16.6. The van der Waals surface area contributed by atoms with Gasteiger partial charge >= 0.3 is 6.09 Å². The van der Waals surface area contributed by atoms with E-state index in [4.69, 9.17) is 14.9 Å². The minimum Gasteiger partial charge on any atom is -0.444 e. The van der Waals surface area contributed by atoms with Crippen LogP contribution in [-0.4, -0.2) is 23.2 Å². The highest BCUT2D eigenvalue weighted by Gasteiger charge is 2.15. The third-order valence-corrected chi connectivity index (χ3v) is 2.72. The number of alkyl carbamates (subject to hydrolysis) is 1. The molecule has 118 valence electrons. The number of hydrogen-bond donors (Lipinski definition) is 2. The molecule has 0 unspecified atom stereocenters. The zero-order chi connectivity index (χ0) is 16.2. The number of fused-ring (bicyclic) bond motifs is 1. The van der Waals surface area contributed by atoms with Crippen LogP contribution in [0.25, 0.3) is 17.2 Å². The first-order valence-electron chi connectivity index (χ1n) is 7.13. The maximum Gasteiger partial charge on any atom is 0.407 e. The van der Waals surface area contributed by atoms with Crippen molar-refractivity contribution in [2.24, 2.45) is 0 Å². The number of ether oxygens (including phenoxy) is 1. The summed E-state index contributed by atoms with van der Waals surface area (Å²) < 4.78 is 10.4. The average molecular weight is 303 g/mol. The molecule has 1 amide bonds. The molecule has 0 aliphatic heterocycles. The number of nitrogen functional groups attached to an aromatic ring is 1. The summed E-state index contributed by atoms with van der Waals surface area (Å²) in [6, 6.07) is 5.81. The molecule has 0 aliphatic rings. The minimum atomic E-state index is -0.477. The first-order valence-corrected chi connectivity index (χ1v) is 7.13. The second kappa shape index (κ2) is 6.51. The number of hydrogen-bond acceptors (Lipinski definition) is 5. The number of nitrogens with zero attached hydrogens (tertiary/aromatic N) is 1. The van der Waals surface area contributed by atoms with Crippen LogP contribution in [0, 0.1) is 0 Å². The number of aromatic nitrogens is 1. The number of benzene rings is 1. The molecule has 3 N–H and O–H groups in total. The molecule has 0 radical (unpaired) electrons. The molecule has 6 nitrogen and oxygen atoms in total. The first kappa shape index (κ1) is 15.9. The van der Waals surface area contributed by atoms with Gasteiger partial charge in [-0.3, -0.25) is 0 Å². The van der Waals surface area contributed by atoms with E-state index < -0.39 is 11.7 Å². The van der Waals surface area contributed by atoms with E-state index in [0.29, 0.717) is 18.5 Å². The normalized spacial score (nSPS) is 12.0. The van der Waals surface area contributed by atoms with Crippen molar-refractivity contribution in [2.45, 2.75) is 32.8 Å². The monoisotopic (exact) mass is 303 g/mol. The Labute approximate surface area is 129 Å². The standard InChI is InChI=1S/C16H21N3O3/c1-16(2,3)22-15(20)18-9-5-4-6-11-7-8-13-12(10-11)19-14(17)21-13/h4,6-8,10H,5,9H2,1-3H3,(H2,17,19)(H,18,20). The van der Waals surface area contributed by atoms with Crippen molar-refractivity contribution >= 4 is 29.3 Å². The van der Waals surface area contributed by atoms with Crippen molar-refractivity contribution in [1.29, 1.82) is 0 Å². The lowest BCUT2D eigenvalue weighted by Crippen LogP contribution is -2.32. The topological polar surface area (TPSA) is 90.4 Å². The van der Waals surface area contributed by atoms with Gasteiger partial charge in [0, 0.05) is 6.54 Å². The predicted molar refractivity (Wildman–Crippen MR) is 86.3 cm³/mol. The van der Waals surface area contributed by atoms with E-state index in [-0.39, 0.29) is 6.01 Å². The first-order chi connectivity index (χ1) is 10.3. The molecule has 0 atom stereocenters. The molecular formula is C16H21N3O3. The Hall–Kier alpha value is -2.50. The van der Waals surface area contributed by atoms with Gasteiger partial charge in [-0.2, -0.15) is 4.98 Å². The van der Waals surface area contributed by atoms with Crippen LogP contribution < -0.4 is 11.1 Å². The van der Waals surface area contributed by atoms with Crippen LogP contribution in [0.1, 0.15) is 32.8 Å². The Balaban J connectivity index is 1.80. The molecular weight excluding hydrogens is 282 g/mol. The van der Waals surface area contributed by atoms with Gasteiger partial charge in [-0.25, -0.2) is 4.79 Å². The number of anilines is 1. The van der Waals surface area contributed by atoms with Gasteiger partial charge in [0.05, 0.1) is 0 Å². The van der Waals surface area contributed by atoms with Gasteiger partial charge in [0.25, 0.3) is 6.01 Å². The molecule has 0 saturated heterocycles. The SMILES string of the molecule is CC(C)(C)OC(=O)NCCC=Cc1ccc2oc(N)nc2c1. The van der Waals surface area contributed by atoms with Gasteiger partial charge in [-0.15, -0.1) is 0 Å². The number of nitrogens with two attached hydrogens (primary N) is 1. The van der Waals surface area contributed by atoms with Gasteiger partial charge in [-0.1, -0.05) is 18.2 Å². The van der Waals surface area contributed by atoms with Crippen molar-refractivity contribution in [1.82, 2.24) is 10.3 Å². The lowest BCUT2D eigenvalue weighted by Gasteiger charge is -2.19. The molecule has 0 aliphatic carbocycles. The lowest BCUT2D eigenvalue weighted by atomic mass is 10.2. The van der Waals surface area contributed by atoms with Gasteiger partial charge in [-0.05, 0) is 44.9 Å². The zero-order valence-electron chi connectivity index (χ0n) is 13.1. The van der Waals surface area contributed by atoms with Crippen LogP contribution in [0.2, 0.25) is 0 Å². The van der Waals surface area contributed by atoms with Gasteiger partial charge < -0.3 is 20.2 Å². The van der Waals surface area contributed by atoms with Crippen molar-refractivity contribution in [3.8, 4) is 0 Å². The van der Waals surface area contributed by atoms with Crippen molar-refractivity contribution in [2.75, 3.05) is 12.3 Å². The molecule has 0 spiro atoms. The molecule has 22 heavy (non-hydrogen) atoms. The number of oxazole rings is 1. The Bertz CT molecular complexity index is 683. The van der Waals surface area contributed by atoms with Gasteiger partial charge in [0.15, 0.2) is 5.58 Å². The molecule has 0 fully saturated rings. The van der Waals surface area contributed by atoms with E-state index in [9.17, 15) is 4.79 Å². The fourth-order valence-electron chi connectivity index (χ4n) is 1.86. The summed E-state index contributed by atoms with van der Waals surface area (Å²) in [7, 11) is 0. The fraction of sp³-hybridized carbons (Fsp3) is 0.375. The number of amides is 1. The molecule has 1 aromatic carbocycles. The van der Waals surface area contributed by atoms with Gasteiger partial charge in [0.1, 0.15) is 11.1 Å². The summed E-state index contributed by atoms with van der Waals surface area (Å²) in [5.41, 5.74) is 7.42. The van der Waals surface area contributed by atoms with Gasteiger partial charge in [0.2, 0.25) is 0 Å². The van der Waals surface area contributed by atoms with E-state index in [1.165, 1.54) is 0 Å². The third kappa shape index (κ3) is 4.80. The van der Waals surface area contributed by atoms with E-state index in [1.54, 1.807) is 0 Å². The summed E-state index contributed by atoms with van der Waals surface area (Å²) >= 11 is 0. The van der Waals surface area contributed by atoms with Crippen LogP contribution in [0.4, 0.5) is 10.8 Å². The molecule has 1 aromatic heterocycles. The van der Waals surface area contributed by atoms with Crippen LogP contribution >= 0.6 is 0 Å². The third-order valence-electron chi connectivity index (χ3n) is 2.72. The smallest absolute Gasteiger partial charge is 0.407 e. The molecule has 6 heteroatoms. The van der Waals surface area contributed by atoms with Crippen LogP contribution in [0.3, 0.4) is 0 Å². The van der Waals surface area contributed by atoms with E-state index >= 15 is 0 Å². The summed E-state index contributed by atoms with van der Waals surface area (Å²) in [6.07, 6.45) is 4.24. The second-order valence-electron chi connectivity index (χ2n) is 5.90. The number of nitrogens with one attached hydrogen (secondary N) is 1. The Kier molecular flexibility index (Phi) is 4.70. The molecule has 0 saturated carbocycles. The highest BCUT2D eigenvalue weighted by Crippen LogP contribution is 2.18. The predicted octanol–water partition coefficient (Wildman–Crippen LogP) is 3.34. The molecule has 0 bridgehead atoms. The quantitative estimate of drug-likeness (QED) is 0.845. The summed E-state index contributed by atoms with van der Waals surface area (Å²) in [4.78, 5) is 15.5. The number of rotatable bonds is 4. The molecule has 2 rings (SSSR count). The fourth-order valence-corrected chi connectivity index (χ4v) is 1.86. The van der Waals surface area contributed by atoms with Crippen LogP contribution in [-0.2, 0) is 4.74 Å². The van der Waals surface area contributed by atoms with Crippen LogP contribution in [0.5, 0.6) is 0 Å². The van der Waals surface area contributed by atoms with E-state index in [1.807, 2.05) is 51.1 Å². The lowest BCUT2D eigenvalue weighted by molar-refractivity contribution is 0.0529. The van der Waals surface area contributed by atoms with Crippen molar-refractivity contribution < 1.29 is 13.9 Å². The number of carbonyl (C=O) groups excluding carboxylic acids is 1. The van der Waals surface area contributed by atoms with Crippen molar-refractivity contribution in [3.05, 3.63) is 29.8 Å². The highest BCUT2D eigenvalue weighted by molar-refractivity contribution is 5.77. The largest absolute Gasteiger partial charge is 0.444 e. The number of carbonyl (C=O) groups is 1. The Morgan fingerprint density at radius 3 is 2.95 bits per heavy atom. The minimum absolute atomic E-state index is 0.165. The van der Waals surface area contributed by atoms with E-state index in [2.05, 4.69) is 10.3 Å². The zero-order valence-corrected chi connectivity index (χ0v) is 13.1. The molecule has 2 aromatic rings. The molecule has 1 heterocycles. The summed E-state index contributed by atoms with van der Waals surface area (Å²) in [5, 5.41) is 2.70. The summed E-state index contributed by atoms with van der Waals surface area (Å²) in [6.45, 7) is 6.02. The second-order valence-corrected chi connectivity index (χ2v) is 5.90. The van der Waals surface area contributed by atoms with E-state index in [0.717, 1.165) is 11.1 Å². The Morgan fingerprint density at radius 1 is 1.45 bits per heavy atom. The summed E-state index contributed by atoms with van der Waals surface area (Å²) in [5.74, 6) is 0. The van der Waals surface area contributed by atoms with Crippen LogP contribution in [0.15, 0.2) is 28.7 Å². The maximum absolute atomic E-state index is 11.5. The maximum atomic E-state index is 11.5.